The first kappa shape index (κ1) is 12.7. The van der Waals surface area contributed by atoms with Crippen LogP contribution in [-0.2, 0) is 4.79 Å². The molecular formula is C14H13NO2S. The number of carboxylic acids is 1. The fraction of sp³-hybridized carbons (Fsp3) is 0.0714. The average molecular weight is 259 g/mol. The molecule has 0 aliphatic heterocycles. The third-order valence-corrected chi connectivity index (χ3v) is 3.50. The molecule has 0 amide bonds. The Bertz CT molecular complexity index is 525. The van der Waals surface area contributed by atoms with Gasteiger partial charge in [0.15, 0.2) is 0 Å². The molecule has 2 aromatic carbocycles. The maximum absolute atomic E-state index is 10.7. The molecule has 2 rings (SSSR count). The molecule has 0 aliphatic carbocycles. The van der Waals surface area contributed by atoms with E-state index in [0.717, 1.165) is 9.79 Å². The molecule has 0 bridgehead atoms. The predicted molar refractivity (Wildman–Crippen MR) is 71.6 cm³/mol. The van der Waals surface area contributed by atoms with Crippen LogP contribution in [0.4, 0.5) is 0 Å². The number of rotatable bonds is 4. The summed E-state index contributed by atoms with van der Waals surface area (Å²) < 4.78 is 0. The summed E-state index contributed by atoms with van der Waals surface area (Å²) in [7, 11) is 0. The van der Waals surface area contributed by atoms with Gasteiger partial charge < -0.3 is 10.8 Å². The van der Waals surface area contributed by atoms with Crippen molar-refractivity contribution in [3.05, 3.63) is 60.2 Å². The molecule has 0 radical (unpaired) electrons. The monoisotopic (exact) mass is 259 g/mol. The molecule has 0 fully saturated rings. The van der Waals surface area contributed by atoms with E-state index in [4.69, 9.17) is 10.8 Å². The zero-order chi connectivity index (χ0) is 13.0. The van der Waals surface area contributed by atoms with Gasteiger partial charge in [0, 0.05) is 9.79 Å². The van der Waals surface area contributed by atoms with Crippen LogP contribution >= 0.6 is 11.8 Å². The topological polar surface area (TPSA) is 63.3 Å². The summed E-state index contributed by atoms with van der Waals surface area (Å²) in [5.41, 5.74) is 6.15. The Balaban J connectivity index is 2.11. The second kappa shape index (κ2) is 5.71. The quantitative estimate of drug-likeness (QED) is 0.886. The van der Waals surface area contributed by atoms with Crippen LogP contribution in [0.3, 0.4) is 0 Å². The molecule has 0 aliphatic rings. The van der Waals surface area contributed by atoms with Gasteiger partial charge in [-0.2, -0.15) is 0 Å². The fourth-order valence-electron chi connectivity index (χ4n) is 1.51. The van der Waals surface area contributed by atoms with Gasteiger partial charge in [-0.15, -0.1) is 0 Å². The molecule has 0 aromatic heterocycles. The van der Waals surface area contributed by atoms with Gasteiger partial charge in [0.05, 0.1) is 0 Å². The van der Waals surface area contributed by atoms with E-state index in [9.17, 15) is 4.79 Å². The van der Waals surface area contributed by atoms with E-state index in [1.807, 2.05) is 42.5 Å². The molecule has 1 atom stereocenters. The Morgan fingerprint density at radius 2 is 1.56 bits per heavy atom. The Kier molecular flexibility index (Phi) is 4.02. The van der Waals surface area contributed by atoms with E-state index < -0.39 is 12.0 Å². The van der Waals surface area contributed by atoms with Gasteiger partial charge in [-0.05, 0) is 29.8 Å². The van der Waals surface area contributed by atoms with E-state index in [2.05, 4.69) is 0 Å². The number of aliphatic carboxylic acids is 1. The molecule has 0 spiro atoms. The Morgan fingerprint density at radius 1 is 1.00 bits per heavy atom. The fourth-order valence-corrected chi connectivity index (χ4v) is 2.35. The lowest BCUT2D eigenvalue weighted by molar-refractivity contribution is -0.138. The molecule has 3 nitrogen and oxygen atoms in total. The zero-order valence-electron chi connectivity index (χ0n) is 9.61. The maximum Gasteiger partial charge on any atom is 0.325 e. The lowest BCUT2D eigenvalue weighted by Crippen LogP contribution is -2.20. The number of nitrogens with two attached hydrogens (primary N) is 1. The van der Waals surface area contributed by atoms with E-state index in [-0.39, 0.29) is 0 Å². The van der Waals surface area contributed by atoms with Gasteiger partial charge in [-0.1, -0.05) is 42.1 Å². The summed E-state index contributed by atoms with van der Waals surface area (Å²) >= 11 is 1.63. The van der Waals surface area contributed by atoms with Gasteiger partial charge in [0.25, 0.3) is 0 Å². The molecule has 92 valence electrons. The molecule has 3 N–H and O–H groups in total. The first-order valence-corrected chi connectivity index (χ1v) is 6.30. The van der Waals surface area contributed by atoms with Crippen molar-refractivity contribution in [3.63, 3.8) is 0 Å². The molecule has 0 saturated carbocycles. The first-order chi connectivity index (χ1) is 8.66. The summed E-state index contributed by atoms with van der Waals surface area (Å²) in [4.78, 5) is 12.9. The van der Waals surface area contributed by atoms with Crippen molar-refractivity contribution in [2.24, 2.45) is 5.73 Å². The highest BCUT2D eigenvalue weighted by molar-refractivity contribution is 7.99. The van der Waals surface area contributed by atoms with E-state index in [1.54, 1.807) is 23.9 Å². The lowest BCUT2D eigenvalue weighted by atomic mass is 10.1. The predicted octanol–water partition coefficient (Wildman–Crippen LogP) is 2.92. The standard InChI is InChI=1S/C14H13NO2S/c15-13(14(16)17)10-6-8-12(9-7-10)18-11-4-2-1-3-5-11/h1-9,13H,15H2,(H,16,17)/t13-/m0/s1. The van der Waals surface area contributed by atoms with Crippen molar-refractivity contribution in [2.45, 2.75) is 15.8 Å². The smallest absolute Gasteiger partial charge is 0.325 e. The minimum Gasteiger partial charge on any atom is -0.480 e. The van der Waals surface area contributed by atoms with Crippen LogP contribution in [0.2, 0.25) is 0 Å². The van der Waals surface area contributed by atoms with E-state index in [0.29, 0.717) is 5.56 Å². The van der Waals surface area contributed by atoms with Gasteiger partial charge in [0.2, 0.25) is 0 Å². The van der Waals surface area contributed by atoms with Crippen LogP contribution in [0.1, 0.15) is 11.6 Å². The summed E-state index contributed by atoms with van der Waals surface area (Å²) in [6.45, 7) is 0. The highest BCUT2D eigenvalue weighted by Crippen LogP contribution is 2.28. The first-order valence-electron chi connectivity index (χ1n) is 5.48. The van der Waals surface area contributed by atoms with Gasteiger partial charge in [-0.25, -0.2) is 0 Å². The van der Waals surface area contributed by atoms with Crippen LogP contribution in [0.15, 0.2) is 64.4 Å². The van der Waals surface area contributed by atoms with Crippen molar-refractivity contribution in [2.75, 3.05) is 0 Å². The molecule has 0 saturated heterocycles. The number of benzene rings is 2. The highest BCUT2D eigenvalue weighted by Gasteiger charge is 2.13. The Labute approximate surface area is 110 Å². The number of carboxylic acid groups (broad SMARTS) is 1. The van der Waals surface area contributed by atoms with Crippen molar-refractivity contribution >= 4 is 17.7 Å². The van der Waals surface area contributed by atoms with E-state index in [1.165, 1.54) is 0 Å². The molecule has 18 heavy (non-hydrogen) atoms. The van der Waals surface area contributed by atoms with Crippen molar-refractivity contribution < 1.29 is 9.90 Å². The van der Waals surface area contributed by atoms with Crippen LogP contribution in [-0.4, -0.2) is 11.1 Å². The second-order valence-corrected chi connectivity index (χ2v) is 4.95. The lowest BCUT2D eigenvalue weighted by Gasteiger charge is -2.07. The number of hydrogen-bond acceptors (Lipinski definition) is 3. The normalized spacial score (nSPS) is 12.1. The Hall–Kier alpha value is -1.78. The number of carbonyl (C=O) groups is 1. The third kappa shape index (κ3) is 3.12. The highest BCUT2D eigenvalue weighted by atomic mass is 32.2. The van der Waals surface area contributed by atoms with Gasteiger partial charge >= 0.3 is 5.97 Å². The SMILES string of the molecule is N[C@H](C(=O)O)c1ccc(Sc2ccccc2)cc1. The molecule has 0 unspecified atom stereocenters. The van der Waals surface area contributed by atoms with Crippen LogP contribution in [0.25, 0.3) is 0 Å². The molecule has 4 heteroatoms. The van der Waals surface area contributed by atoms with Gasteiger partial charge in [0.1, 0.15) is 6.04 Å². The number of hydrogen-bond donors (Lipinski definition) is 2. The summed E-state index contributed by atoms with van der Waals surface area (Å²) in [6, 6.07) is 16.3. The molecule has 0 heterocycles. The van der Waals surface area contributed by atoms with Crippen LogP contribution in [0.5, 0.6) is 0 Å². The zero-order valence-corrected chi connectivity index (χ0v) is 10.4. The minimum absolute atomic E-state index is 0.611. The third-order valence-electron chi connectivity index (χ3n) is 2.48. The van der Waals surface area contributed by atoms with Crippen LogP contribution in [0, 0.1) is 0 Å². The van der Waals surface area contributed by atoms with Crippen molar-refractivity contribution in [1.82, 2.24) is 0 Å². The van der Waals surface area contributed by atoms with E-state index >= 15 is 0 Å². The summed E-state index contributed by atoms with van der Waals surface area (Å²) in [5, 5.41) is 8.81. The van der Waals surface area contributed by atoms with Gasteiger partial charge in [-0.3, -0.25) is 4.79 Å². The minimum atomic E-state index is -1.02. The summed E-state index contributed by atoms with van der Waals surface area (Å²) in [6.07, 6.45) is 0. The largest absolute Gasteiger partial charge is 0.480 e. The van der Waals surface area contributed by atoms with Crippen LogP contribution < -0.4 is 5.73 Å². The Morgan fingerprint density at radius 3 is 2.11 bits per heavy atom. The molecular weight excluding hydrogens is 246 g/mol. The average Bonchev–Trinajstić information content (AvgIpc) is 2.40. The maximum atomic E-state index is 10.7. The van der Waals surface area contributed by atoms with Crippen molar-refractivity contribution in [3.8, 4) is 0 Å². The summed E-state index contributed by atoms with van der Waals surface area (Å²) in [5.74, 6) is -1.02. The molecule has 2 aromatic rings. The second-order valence-electron chi connectivity index (χ2n) is 3.80. The van der Waals surface area contributed by atoms with Crippen molar-refractivity contribution in [1.29, 1.82) is 0 Å².